The predicted octanol–water partition coefficient (Wildman–Crippen LogP) is 2.87. The van der Waals surface area contributed by atoms with Crippen LogP contribution in [0.2, 0.25) is 0 Å². The number of carbonyl (C=O) groups excluding carboxylic acids is 3. The highest BCUT2D eigenvalue weighted by Crippen LogP contribution is 2.16. The Bertz CT molecular complexity index is 862. The van der Waals surface area contributed by atoms with Crippen molar-refractivity contribution in [2.45, 2.75) is 13.8 Å². The summed E-state index contributed by atoms with van der Waals surface area (Å²) >= 11 is 0. The number of imide groups is 1. The number of hydrogen-bond donors (Lipinski definition) is 2. The Morgan fingerprint density at radius 3 is 2.44 bits per heavy atom. The van der Waals surface area contributed by atoms with Gasteiger partial charge in [0.05, 0.1) is 5.56 Å². The van der Waals surface area contributed by atoms with Crippen LogP contribution in [0, 0.1) is 13.8 Å². The molecule has 2 aromatic carbocycles. The average molecular weight is 369 g/mol. The maximum absolute atomic E-state index is 12.1. The third-order valence-electron chi connectivity index (χ3n) is 3.82. The van der Waals surface area contributed by atoms with Gasteiger partial charge in [0, 0.05) is 25.5 Å². The Morgan fingerprint density at radius 1 is 1.04 bits per heavy atom. The minimum Gasteiger partial charge on any atom is -0.452 e. The number of anilines is 2. The van der Waals surface area contributed by atoms with Gasteiger partial charge < -0.3 is 15.0 Å². The highest BCUT2D eigenvalue weighted by molar-refractivity contribution is 6.02. The zero-order chi connectivity index (χ0) is 20.0. The van der Waals surface area contributed by atoms with E-state index >= 15 is 0 Å². The molecule has 0 aromatic heterocycles. The van der Waals surface area contributed by atoms with Crippen LogP contribution in [0.15, 0.2) is 42.5 Å². The third-order valence-corrected chi connectivity index (χ3v) is 3.82. The van der Waals surface area contributed by atoms with Crippen LogP contribution in [0.1, 0.15) is 21.5 Å². The third kappa shape index (κ3) is 5.85. The standard InChI is InChI=1S/C20H23N3O4/c1-13-8-9-17(14(2)10-13)21-20(26)22-18(24)12-27-19(25)15-6-5-7-16(11-15)23(3)4/h5-11H,12H2,1-4H3,(H2,21,22,24,26). The van der Waals surface area contributed by atoms with Gasteiger partial charge in [-0.2, -0.15) is 0 Å². The van der Waals surface area contributed by atoms with E-state index in [1.165, 1.54) is 0 Å². The molecule has 0 saturated heterocycles. The van der Waals surface area contributed by atoms with Crippen molar-refractivity contribution in [3.05, 3.63) is 59.2 Å². The first kappa shape index (κ1) is 20.0. The molecule has 0 aliphatic rings. The predicted molar refractivity (Wildman–Crippen MR) is 104 cm³/mol. The van der Waals surface area contributed by atoms with Crippen molar-refractivity contribution in [2.24, 2.45) is 0 Å². The molecule has 142 valence electrons. The van der Waals surface area contributed by atoms with Crippen molar-refractivity contribution in [1.82, 2.24) is 5.32 Å². The van der Waals surface area contributed by atoms with E-state index in [0.29, 0.717) is 11.3 Å². The summed E-state index contributed by atoms with van der Waals surface area (Å²) in [5.74, 6) is -1.35. The van der Waals surface area contributed by atoms with E-state index in [1.807, 2.05) is 51.0 Å². The minimum absolute atomic E-state index is 0.328. The number of esters is 1. The van der Waals surface area contributed by atoms with Crippen molar-refractivity contribution in [2.75, 3.05) is 30.9 Å². The number of ether oxygens (including phenoxy) is 1. The van der Waals surface area contributed by atoms with Crippen LogP contribution < -0.4 is 15.5 Å². The first-order valence-corrected chi connectivity index (χ1v) is 8.39. The highest BCUT2D eigenvalue weighted by atomic mass is 16.5. The number of urea groups is 1. The topological polar surface area (TPSA) is 87.7 Å². The van der Waals surface area contributed by atoms with Crippen LogP contribution in [0.25, 0.3) is 0 Å². The number of amides is 3. The SMILES string of the molecule is Cc1ccc(NC(=O)NC(=O)COC(=O)c2cccc(N(C)C)c2)c(C)c1. The van der Waals surface area contributed by atoms with Gasteiger partial charge in [0.25, 0.3) is 5.91 Å². The van der Waals surface area contributed by atoms with E-state index < -0.39 is 24.5 Å². The van der Waals surface area contributed by atoms with Crippen LogP contribution >= 0.6 is 0 Å². The molecule has 0 fully saturated rings. The number of rotatable bonds is 5. The monoisotopic (exact) mass is 369 g/mol. The van der Waals surface area contributed by atoms with E-state index in [2.05, 4.69) is 10.6 Å². The maximum Gasteiger partial charge on any atom is 0.338 e. The molecule has 7 nitrogen and oxygen atoms in total. The molecule has 0 aliphatic heterocycles. The number of benzene rings is 2. The summed E-state index contributed by atoms with van der Waals surface area (Å²) < 4.78 is 4.97. The van der Waals surface area contributed by atoms with Crippen molar-refractivity contribution in [3.8, 4) is 0 Å². The molecule has 0 heterocycles. The molecule has 0 spiro atoms. The quantitative estimate of drug-likeness (QED) is 0.792. The van der Waals surface area contributed by atoms with Gasteiger partial charge in [-0.25, -0.2) is 9.59 Å². The summed E-state index contributed by atoms with van der Waals surface area (Å²) in [4.78, 5) is 37.6. The second kappa shape index (κ2) is 8.84. The van der Waals surface area contributed by atoms with E-state index in [4.69, 9.17) is 4.74 Å². The molecular formula is C20H23N3O4. The highest BCUT2D eigenvalue weighted by Gasteiger charge is 2.14. The van der Waals surface area contributed by atoms with Gasteiger partial charge in [0.15, 0.2) is 6.61 Å². The van der Waals surface area contributed by atoms with Crippen molar-refractivity contribution >= 4 is 29.3 Å². The number of aryl methyl sites for hydroxylation is 2. The number of nitrogens with zero attached hydrogens (tertiary/aromatic N) is 1. The van der Waals surface area contributed by atoms with Crippen molar-refractivity contribution < 1.29 is 19.1 Å². The number of carbonyl (C=O) groups is 3. The van der Waals surface area contributed by atoms with Gasteiger partial charge in [0.2, 0.25) is 0 Å². The summed E-state index contributed by atoms with van der Waals surface area (Å²) in [6.07, 6.45) is 0. The molecule has 0 atom stereocenters. The average Bonchev–Trinajstić information content (AvgIpc) is 2.62. The summed E-state index contributed by atoms with van der Waals surface area (Å²) in [5.41, 5.74) is 3.71. The fourth-order valence-corrected chi connectivity index (χ4v) is 2.40. The first-order chi connectivity index (χ1) is 12.8. The van der Waals surface area contributed by atoms with E-state index in [9.17, 15) is 14.4 Å². The Morgan fingerprint density at radius 2 is 1.78 bits per heavy atom. The fourth-order valence-electron chi connectivity index (χ4n) is 2.40. The van der Waals surface area contributed by atoms with E-state index in [0.717, 1.165) is 16.8 Å². The first-order valence-electron chi connectivity index (χ1n) is 8.39. The Kier molecular flexibility index (Phi) is 6.54. The minimum atomic E-state index is -0.714. The second-order valence-electron chi connectivity index (χ2n) is 6.34. The molecule has 0 bridgehead atoms. The van der Waals surface area contributed by atoms with Crippen LogP contribution in [-0.4, -0.2) is 38.6 Å². The van der Waals surface area contributed by atoms with Gasteiger partial charge >= 0.3 is 12.0 Å². The lowest BCUT2D eigenvalue weighted by molar-refractivity contribution is -0.123. The normalized spacial score (nSPS) is 10.1. The molecule has 27 heavy (non-hydrogen) atoms. The largest absolute Gasteiger partial charge is 0.452 e. The Labute approximate surface area is 158 Å². The summed E-state index contributed by atoms with van der Waals surface area (Å²) in [5, 5.41) is 4.72. The van der Waals surface area contributed by atoms with Gasteiger partial charge in [0.1, 0.15) is 0 Å². The van der Waals surface area contributed by atoms with Gasteiger partial charge in [-0.05, 0) is 43.7 Å². The summed E-state index contributed by atoms with van der Waals surface area (Å²) in [6, 6.07) is 11.7. The number of hydrogen-bond acceptors (Lipinski definition) is 5. The van der Waals surface area contributed by atoms with Gasteiger partial charge in [-0.1, -0.05) is 23.8 Å². The van der Waals surface area contributed by atoms with Crippen molar-refractivity contribution in [1.29, 1.82) is 0 Å². The van der Waals surface area contributed by atoms with Gasteiger partial charge in [-0.15, -0.1) is 0 Å². The Balaban J connectivity index is 1.85. The molecule has 7 heteroatoms. The lowest BCUT2D eigenvalue weighted by atomic mass is 10.1. The fraction of sp³-hybridized carbons (Fsp3) is 0.250. The zero-order valence-corrected chi connectivity index (χ0v) is 15.8. The Hall–Kier alpha value is -3.35. The second-order valence-corrected chi connectivity index (χ2v) is 6.34. The van der Waals surface area contributed by atoms with Crippen molar-refractivity contribution in [3.63, 3.8) is 0 Å². The maximum atomic E-state index is 12.1. The number of nitrogens with one attached hydrogen (secondary N) is 2. The van der Waals surface area contributed by atoms with Crippen LogP contribution in [-0.2, 0) is 9.53 Å². The molecule has 0 unspecified atom stereocenters. The van der Waals surface area contributed by atoms with Crippen LogP contribution in [0.5, 0.6) is 0 Å². The smallest absolute Gasteiger partial charge is 0.338 e. The van der Waals surface area contributed by atoms with Gasteiger partial charge in [-0.3, -0.25) is 10.1 Å². The van der Waals surface area contributed by atoms with Crippen LogP contribution in [0.3, 0.4) is 0 Å². The lowest BCUT2D eigenvalue weighted by Crippen LogP contribution is -2.37. The summed E-state index contributed by atoms with van der Waals surface area (Å²) in [7, 11) is 3.71. The van der Waals surface area contributed by atoms with Crippen LogP contribution in [0.4, 0.5) is 16.2 Å². The molecular weight excluding hydrogens is 346 g/mol. The zero-order valence-electron chi connectivity index (χ0n) is 15.8. The molecule has 2 aromatic rings. The van der Waals surface area contributed by atoms with E-state index in [-0.39, 0.29) is 0 Å². The molecule has 3 amide bonds. The lowest BCUT2D eigenvalue weighted by Gasteiger charge is -2.13. The molecule has 0 radical (unpaired) electrons. The summed E-state index contributed by atoms with van der Waals surface area (Å²) in [6.45, 7) is 3.25. The molecule has 2 rings (SSSR count). The molecule has 0 aliphatic carbocycles. The van der Waals surface area contributed by atoms with E-state index in [1.54, 1.807) is 24.3 Å². The molecule has 2 N–H and O–H groups in total. The molecule has 0 saturated carbocycles.